The normalized spacial score (nSPS) is 25.8. The standard InChI is InChI=1S/C29H32F2N4O2/c1-37-24-7-6-20-15-33-34(26(20)14-24)19-29-16-28(17-29,18-29)9-4-2-3-5-27(36)35-25(8-10-32-35)21-11-22(30)13-23(31)12-21/h6-7,10-15,25H,2-5,8-9,16-19H2,1H3. The summed E-state index contributed by atoms with van der Waals surface area (Å²) in [5.74, 6) is -0.501. The van der Waals surface area contributed by atoms with Crippen molar-refractivity contribution in [2.45, 2.75) is 70.4 Å². The van der Waals surface area contributed by atoms with E-state index in [1.54, 1.807) is 13.3 Å². The zero-order valence-corrected chi connectivity index (χ0v) is 21.1. The Morgan fingerprint density at radius 2 is 1.84 bits per heavy atom. The third-order valence-corrected chi connectivity index (χ3v) is 8.54. The molecule has 1 unspecified atom stereocenters. The van der Waals surface area contributed by atoms with Gasteiger partial charge >= 0.3 is 0 Å². The zero-order chi connectivity index (χ0) is 25.6. The second-order valence-electron chi connectivity index (χ2n) is 11.3. The number of methoxy groups -OCH3 is 1. The number of nitrogens with zero attached hydrogens (tertiary/aromatic N) is 4. The van der Waals surface area contributed by atoms with Crippen LogP contribution in [-0.2, 0) is 11.3 Å². The molecule has 8 heteroatoms. The summed E-state index contributed by atoms with van der Waals surface area (Å²) in [6.07, 6.45) is 12.4. The van der Waals surface area contributed by atoms with Gasteiger partial charge in [-0.25, -0.2) is 13.8 Å². The predicted molar refractivity (Wildman–Crippen MR) is 137 cm³/mol. The van der Waals surface area contributed by atoms with Crippen molar-refractivity contribution < 1.29 is 18.3 Å². The number of aromatic nitrogens is 2. The Labute approximate surface area is 215 Å². The highest BCUT2D eigenvalue weighted by Crippen LogP contribution is 2.75. The van der Waals surface area contributed by atoms with Gasteiger partial charge in [0.05, 0.1) is 24.9 Å². The van der Waals surface area contributed by atoms with E-state index in [-0.39, 0.29) is 5.91 Å². The SMILES string of the molecule is COc1ccc2cnn(CC34CC(CCCCCC(=O)N5N=CCC5c5cc(F)cc(F)c5)(C3)C4)c2c1. The Morgan fingerprint density at radius 3 is 2.59 bits per heavy atom. The first-order valence-electron chi connectivity index (χ1n) is 13.2. The van der Waals surface area contributed by atoms with Crippen LogP contribution in [0.3, 0.4) is 0 Å². The van der Waals surface area contributed by atoms with Crippen LogP contribution in [0, 0.1) is 22.5 Å². The van der Waals surface area contributed by atoms with E-state index in [9.17, 15) is 13.6 Å². The van der Waals surface area contributed by atoms with Gasteiger partial charge < -0.3 is 4.74 Å². The molecule has 2 aromatic carbocycles. The van der Waals surface area contributed by atoms with Gasteiger partial charge in [0.15, 0.2) is 0 Å². The maximum Gasteiger partial charge on any atom is 0.243 e. The molecule has 1 atom stereocenters. The average molecular weight is 507 g/mol. The maximum absolute atomic E-state index is 13.6. The number of fused-ring (bicyclic) bond motifs is 1. The lowest BCUT2D eigenvalue weighted by Crippen LogP contribution is -2.63. The lowest BCUT2D eigenvalue weighted by molar-refractivity contribution is -0.216. The van der Waals surface area contributed by atoms with Gasteiger partial charge in [0.25, 0.3) is 0 Å². The fourth-order valence-electron chi connectivity index (χ4n) is 7.05. The summed E-state index contributed by atoms with van der Waals surface area (Å²) < 4.78 is 34.8. The Morgan fingerprint density at radius 1 is 1.05 bits per heavy atom. The molecule has 3 aromatic rings. The van der Waals surface area contributed by atoms with Crippen LogP contribution in [0.1, 0.15) is 69.4 Å². The Kier molecular flexibility index (Phi) is 6.00. The first-order chi connectivity index (χ1) is 17.9. The number of ether oxygens (including phenoxy) is 1. The predicted octanol–water partition coefficient (Wildman–Crippen LogP) is 6.40. The molecule has 7 rings (SSSR count). The molecule has 0 N–H and O–H groups in total. The molecule has 37 heavy (non-hydrogen) atoms. The van der Waals surface area contributed by atoms with Crippen LogP contribution < -0.4 is 4.74 Å². The number of halogens is 2. The van der Waals surface area contributed by atoms with Crippen molar-refractivity contribution in [2.24, 2.45) is 15.9 Å². The number of carbonyl (C=O) groups is 1. The molecule has 194 valence electrons. The Hall–Kier alpha value is -3.29. The number of hydrogen-bond donors (Lipinski definition) is 0. The molecule has 0 radical (unpaired) electrons. The molecule has 0 spiro atoms. The van der Waals surface area contributed by atoms with Crippen molar-refractivity contribution in [2.75, 3.05) is 7.11 Å². The summed E-state index contributed by atoms with van der Waals surface area (Å²) in [5, 5.41) is 11.4. The van der Waals surface area contributed by atoms with Gasteiger partial charge in [-0.15, -0.1) is 0 Å². The average Bonchev–Trinajstić information content (AvgIpc) is 3.47. The lowest BCUT2D eigenvalue weighted by Gasteiger charge is -2.71. The third-order valence-electron chi connectivity index (χ3n) is 8.54. The second kappa shape index (κ2) is 9.23. The molecule has 6 nitrogen and oxygen atoms in total. The van der Waals surface area contributed by atoms with Crippen LogP contribution in [-0.4, -0.2) is 34.0 Å². The molecule has 1 aliphatic heterocycles. The largest absolute Gasteiger partial charge is 0.497 e. The first kappa shape index (κ1) is 24.1. The minimum Gasteiger partial charge on any atom is -0.497 e. The van der Waals surface area contributed by atoms with Gasteiger partial charge in [-0.05, 0) is 72.8 Å². The van der Waals surface area contributed by atoms with E-state index in [1.165, 1.54) is 42.8 Å². The lowest BCUT2D eigenvalue weighted by atomic mass is 9.34. The molecule has 1 aromatic heterocycles. The number of unbranched alkanes of at least 4 members (excludes halogenated alkanes) is 2. The van der Waals surface area contributed by atoms with Crippen molar-refractivity contribution in [3.05, 3.63) is 59.8 Å². The van der Waals surface area contributed by atoms with Crippen molar-refractivity contribution in [1.29, 1.82) is 0 Å². The van der Waals surface area contributed by atoms with Crippen molar-refractivity contribution in [1.82, 2.24) is 14.8 Å². The van der Waals surface area contributed by atoms with Crippen LogP contribution in [0.5, 0.6) is 5.75 Å². The second-order valence-corrected chi connectivity index (χ2v) is 11.3. The molecule has 4 aliphatic rings. The monoisotopic (exact) mass is 506 g/mol. The van der Waals surface area contributed by atoms with Crippen molar-refractivity contribution in [3.8, 4) is 5.75 Å². The van der Waals surface area contributed by atoms with Crippen molar-refractivity contribution >= 4 is 23.0 Å². The molecule has 0 saturated heterocycles. The van der Waals surface area contributed by atoms with Crippen LogP contribution in [0.25, 0.3) is 10.9 Å². The molecule has 2 bridgehead atoms. The van der Waals surface area contributed by atoms with Gasteiger partial charge in [-0.3, -0.25) is 9.48 Å². The summed E-state index contributed by atoms with van der Waals surface area (Å²) in [7, 11) is 1.69. The highest BCUT2D eigenvalue weighted by molar-refractivity contribution is 5.80. The Bertz CT molecular complexity index is 1330. The highest BCUT2D eigenvalue weighted by Gasteiger charge is 2.66. The van der Waals surface area contributed by atoms with E-state index in [4.69, 9.17) is 4.74 Å². The van der Waals surface area contributed by atoms with Crippen LogP contribution in [0.15, 0.2) is 47.7 Å². The molecule has 2 heterocycles. The van der Waals surface area contributed by atoms with Crippen LogP contribution >= 0.6 is 0 Å². The molecule has 3 fully saturated rings. The van der Waals surface area contributed by atoms with Gasteiger partial charge in [0, 0.05) is 43.1 Å². The van der Waals surface area contributed by atoms with E-state index in [2.05, 4.69) is 27.0 Å². The molecular weight excluding hydrogens is 474 g/mol. The zero-order valence-electron chi connectivity index (χ0n) is 21.1. The van der Waals surface area contributed by atoms with Gasteiger partial charge in [-0.2, -0.15) is 10.2 Å². The Balaban J connectivity index is 0.938. The van der Waals surface area contributed by atoms with Gasteiger partial charge in [0.2, 0.25) is 5.91 Å². The molecule has 1 amide bonds. The number of amides is 1. The fraction of sp³-hybridized carbons (Fsp3) is 0.483. The fourth-order valence-corrected chi connectivity index (χ4v) is 7.05. The summed E-state index contributed by atoms with van der Waals surface area (Å²) in [6.45, 7) is 0.965. The van der Waals surface area contributed by atoms with Crippen LogP contribution in [0.2, 0.25) is 0 Å². The summed E-state index contributed by atoms with van der Waals surface area (Å²) in [4.78, 5) is 12.8. The van der Waals surface area contributed by atoms with Gasteiger partial charge in [-0.1, -0.05) is 12.8 Å². The number of carbonyl (C=O) groups excluding carboxylic acids is 1. The smallest absolute Gasteiger partial charge is 0.243 e. The quantitative estimate of drug-likeness (QED) is 0.299. The minimum atomic E-state index is -0.636. The summed E-state index contributed by atoms with van der Waals surface area (Å²) in [6, 6.07) is 9.08. The van der Waals surface area contributed by atoms with E-state index in [0.29, 0.717) is 29.2 Å². The number of rotatable bonds is 10. The maximum atomic E-state index is 13.6. The number of hydrazone groups is 1. The van der Waals surface area contributed by atoms with E-state index < -0.39 is 17.7 Å². The first-order valence-corrected chi connectivity index (χ1v) is 13.2. The number of benzene rings is 2. The van der Waals surface area contributed by atoms with E-state index >= 15 is 0 Å². The van der Waals surface area contributed by atoms with E-state index in [0.717, 1.165) is 48.5 Å². The minimum absolute atomic E-state index is 0.0871. The third kappa shape index (κ3) is 4.51. The highest BCUT2D eigenvalue weighted by atomic mass is 19.1. The molecule has 3 aliphatic carbocycles. The van der Waals surface area contributed by atoms with E-state index in [1.807, 2.05) is 12.3 Å². The van der Waals surface area contributed by atoms with Crippen LogP contribution in [0.4, 0.5) is 8.78 Å². The summed E-state index contributed by atoms with van der Waals surface area (Å²) in [5.41, 5.74) is 2.45. The molecule has 3 saturated carbocycles. The van der Waals surface area contributed by atoms with Crippen molar-refractivity contribution in [3.63, 3.8) is 0 Å². The molecular formula is C29H32F2N4O2. The topological polar surface area (TPSA) is 59.7 Å². The number of hydrogen-bond acceptors (Lipinski definition) is 4. The summed E-state index contributed by atoms with van der Waals surface area (Å²) >= 11 is 0. The van der Waals surface area contributed by atoms with Gasteiger partial charge in [0.1, 0.15) is 17.4 Å².